The minimum Gasteiger partial charge on any atom is -0.487 e. The summed E-state index contributed by atoms with van der Waals surface area (Å²) in [5.74, 6) is 1.80. The molecule has 0 spiro atoms. The molecule has 2 heteroatoms. The van der Waals surface area contributed by atoms with Crippen molar-refractivity contribution in [3.63, 3.8) is 0 Å². The maximum absolute atomic E-state index is 6.51. The van der Waals surface area contributed by atoms with E-state index >= 15 is 0 Å². The van der Waals surface area contributed by atoms with Gasteiger partial charge in [-0.1, -0.05) is 52.3 Å². The van der Waals surface area contributed by atoms with Crippen molar-refractivity contribution < 1.29 is 4.74 Å². The smallest absolute Gasteiger partial charge is 0.124 e. The van der Waals surface area contributed by atoms with Gasteiger partial charge in [-0.25, -0.2) is 0 Å². The van der Waals surface area contributed by atoms with Gasteiger partial charge in [0.1, 0.15) is 11.4 Å². The van der Waals surface area contributed by atoms with Crippen LogP contribution in [0.15, 0.2) is 24.3 Å². The Kier molecular flexibility index (Phi) is 5.69. The van der Waals surface area contributed by atoms with E-state index in [4.69, 9.17) is 4.74 Å². The first kappa shape index (κ1) is 16.4. The highest BCUT2D eigenvalue weighted by molar-refractivity contribution is 5.39. The van der Waals surface area contributed by atoms with Gasteiger partial charge in [-0.05, 0) is 37.8 Å². The van der Waals surface area contributed by atoms with Gasteiger partial charge in [-0.3, -0.25) is 0 Å². The molecule has 21 heavy (non-hydrogen) atoms. The Morgan fingerprint density at radius 2 is 2.05 bits per heavy atom. The molecule has 1 aliphatic rings. The molecule has 0 radical (unpaired) electrons. The van der Waals surface area contributed by atoms with Crippen molar-refractivity contribution in [2.75, 3.05) is 6.54 Å². The molecule has 0 bridgehead atoms. The third kappa shape index (κ3) is 3.79. The van der Waals surface area contributed by atoms with E-state index in [0.29, 0.717) is 12.0 Å². The lowest BCUT2D eigenvalue weighted by Crippen LogP contribution is -2.45. The molecule has 1 N–H and O–H groups in total. The lowest BCUT2D eigenvalue weighted by molar-refractivity contribution is 0.00564. The number of rotatable bonds is 7. The molecule has 0 amide bonds. The predicted molar refractivity (Wildman–Crippen MR) is 89.8 cm³/mol. The van der Waals surface area contributed by atoms with Crippen LogP contribution >= 0.6 is 0 Å². The van der Waals surface area contributed by atoms with Gasteiger partial charge in [0, 0.05) is 18.0 Å². The van der Waals surface area contributed by atoms with E-state index in [0.717, 1.165) is 31.6 Å². The zero-order chi connectivity index (χ0) is 15.3. The Morgan fingerprint density at radius 1 is 1.29 bits per heavy atom. The summed E-state index contributed by atoms with van der Waals surface area (Å²) in [6.45, 7) is 10.2. The summed E-state index contributed by atoms with van der Waals surface area (Å²) in [6.07, 6.45) is 5.71. The third-order valence-corrected chi connectivity index (χ3v) is 4.90. The number of ether oxygens (including phenoxy) is 1. The van der Waals surface area contributed by atoms with E-state index in [1.807, 2.05) is 0 Å². The number of fused-ring (bicyclic) bond motifs is 1. The minimum absolute atomic E-state index is 0.00477. The zero-order valence-corrected chi connectivity index (χ0v) is 14.1. The fourth-order valence-corrected chi connectivity index (χ4v) is 3.38. The van der Waals surface area contributed by atoms with Crippen LogP contribution in [0.1, 0.15) is 71.4 Å². The van der Waals surface area contributed by atoms with Crippen LogP contribution in [0.2, 0.25) is 0 Å². The summed E-state index contributed by atoms with van der Waals surface area (Å²) in [7, 11) is 0. The second kappa shape index (κ2) is 7.31. The molecule has 0 fully saturated rings. The molecule has 1 heterocycles. The van der Waals surface area contributed by atoms with Crippen LogP contribution in [0.3, 0.4) is 0 Å². The van der Waals surface area contributed by atoms with Crippen molar-refractivity contribution in [2.45, 2.75) is 71.4 Å². The van der Waals surface area contributed by atoms with E-state index in [2.05, 4.69) is 57.3 Å². The number of hydrogen-bond acceptors (Lipinski definition) is 2. The summed E-state index contributed by atoms with van der Waals surface area (Å²) in [4.78, 5) is 0. The summed E-state index contributed by atoms with van der Waals surface area (Å²) >= 11 is 0. The minimum atomic E-state index is -0.00477. The topological polar surface area (TPSA) is 21.3 Å². The standard InChI is InChI=1S/C19H31NO/c1-5-12-20-17-14-19(7-3,13-15(4)6-2)21-18-11-9-8-10-16(17)18/h8-11,15,17,20H,5-7,12-14H2,1-4H3. The monoisotopic (exact) mass is 289 g/mol. The van der Waals surface area contributed by atoms with E-state index in [1.165, 1.54) is 18.4 Å². The summed E-state index contributed by atoms with van der Waals surface area (Å²) in [6, 6.07) is 8.99. The van der Waals surface area contributed by atoms with Crippen LogP contribution < -0.4 is 10.1 Å². The predicted octanol–water partition coefficient (Wildman–Crippen LogP) is 5.09. The molecule has 0 saturated heterocycles. The van der Waals surface area contributed by atoms with E-state index in [9.17, 15) is 0 Å². The molecular weight excluding hydrogens is 258 g/mol. The van der Waals surface area contributed by atoms with Crippen LogP contribution in [-0.2, 0) is 0 Å². The normalized spacial score (nSPS) is 26.0. The summed E-state index contributed by atoms with van der Waals surface area (Å²) < 4.78 is 6.51. The highest BCUT2D eigenvalue weighted by Gasteiger charge is 2.40. The Bertz CT molecular complexity index is 445. The van der Waals surface area contributed by atoms with Crippen LogP contribution in [0.4, 0.5) is 0 Å². The fourth-order valence-electron chi connectivity index (χ4n) is 3.38. The number of benzene rings is 1. The molecule has 0 aromatic heterocycles. The van der Waals surface area contributed by atoms with Crippen molar-refractivity contribution in [1.29, 1.82) is 0 Å². The van der Waals surface area contributed by atoms with Crippen LogP contribution in [0.5, 0.6) is 5.75 Å². The van der Waals surface area contributed by atoms with Crippen molar-refractivity contribution in [3.05, 3.63) is 29.8 Å². The van der Waals surface area contributed by atoms with Gasteiger partial charge < -0.3 is 10.1 Å². The van der Waals surface area contributed by atoms with Crippen LogP contribution in [0.25, 0.3) is 0 Å². The molecule has 2 rings (SSSR count). The van der Waals surface area contributed by atoms with E-state index < -0.39 is 0 Å². The first-order chi connectivity index (χ1) is 10.1. The first-order valence-electron chi connectivity index (χ1n) is 8.65. The first-order valence-corrected chi connectivity index (χ1v) is 8.65. The molecule has 3 unspecified atom stereocenters. The molecule has 2 nitrogen and oxygen atoms in total. The number of para-hydroxylation sites is 1. The van der Waals surface area contributed by atoms with Crippen molar-refractivity contribution in [1.82, 2.24) is 5.32 Å². The highest BCUT2D eigenvalue weighted by Crippen LogP contribution is 2.44. The Labute approximate surface area is 130 Å². The molecule has 0 saturated carbocycles. The molecule has 118 valence electrons. The highest BCUT2D eigenvalue weighted by atomic mass is 16.5. The van der Waals surface area contributed by atoms with E-state index in [1.54, 1.807) is 0 Å². The van der Waals surface area contributed by atoms with Gasteiger partial charge in [0.15, 0.2) is 0 Å². The summed E-state index contributed by atoms with van der Waals surface area (Å²) in [5.41, 5.74) is 1.33. The van der Waals surface area contributed by atoms with Crippen molar-refractivity contribution in [2.24, 2.45) is 5.92 Å². The number of hydrogen-bond donors (Lipinski definition) is 1. The Hall–Kier alpha value is -1.02. The van der Waals surface area contributed by atoms with Gasteiger partial charge in [0.2, 0.25) is 0 Å². The van der Waals surface area contributed by atoms with Gasteiger partial charge in [-0.15, -0.1) is 0 Å². The van der Waals surface area contributed by atoms with E-state index in [-0.39, 0.29) is 5.60 Å². The molecule has 3 atom stereocenters. The van der Waals surface area contributed by atoms with Gasteiger partial charge in [0.05, 0.1) is 0 Å². The SMILES string of the molecule is CCCNC1CC(CC)(CC(C)CC)Oc2ccccc21. The largest absolute Gasteiger partial charge is 0.487 e. The maximum atomic E-state index is 6.51. The lowest BCUT2D eigenvalue weighted by Gasteiger charge is -2.43. The maximum Gasteiger partial charge on any atom is 0.124 e. The second-order valence-corrected chi connectivity index (χ2v) is 6.60. The molecular formula is C19H31NO. The lowest BCUT2D eigenvalue weighted by atomic mass is 9.79. The third-order valence-electron chi connectivity index (χ3n) is 4.90. The molecule has 1 aliphatic heterocycles. The van der Waals surface area contributed by atoms with Gasteiger partial charge >= 0.3 is 0 Å². The van der Waals surface area contributed by atoms with Crippen LogP contribution in [0, 0.1) is 5.92 Å². The van der Waals surface area contributed by atoms with Crippen molar-refractivity contribution >= 4 is 0 Å². The average molecular weight is 289 g/mol. The second-order valence-electron chi connectivity index (χ2n) is 6.60. The Balaban J connectivity index is 2.26. The zero-order valence-electron chi connectivity index (χ0n) is 14.1. The summed E-state index contributed by atoms with van der Waals surface area (Å²) in [5, 5.41) is 3.73. The average Bonchev–Trinajstić information content (AvgIpc) is 2.52. The quantitative estimate of drug-likeness (QED) is 0.754. The molecule has 1 aromatic rings. The Morgan fingerprint density at radius 3 is 2.71 bits per heavy atom. The van der Waals surface area contributed by atoms with Gasteiger partial charge in [-0.2, -0.15) is 0 Å². The van der Waals surface area contributed by atoms with Crippen molar-refractivity contribution in [3.8, 4) is 5.75 Å². The number of nitrogens with one attached hydrogen (secondary N) is 1. The fraction of sp³-hybridized carbons (Fsp3) is 0.684. The van der Waals surface area contributed by atoms with Gasteiger partial charge in [0.25, 0.3) is 0 Å². The van der Waals surface area contributed by atoms with Crippen LogP contribution in [-0.4, -0.2) is 12.1 Å². The molecule has 0 aliphatic carbocycles. The molecule has 1 aromatic carbocycles.